The Balaban J connectivity index is 1.64. The first-order valence-corrected chi connectivity index (χ1v) is 10.0. The molecule has 6 heteroatoms. The molecule has 1 aliphatic rings. The topological polar surface area (TPSA) is 57.2 Å². The summed E-state index contributed by atoms with van der Waals surface area (Å²) < 4.78 is 4.53. The van der Waals surface area contributed by atoms with Crippen molar-refractivity contribution in [3.05, 3.63) is 18.6 Å². The molecule has 126 valence electrons. The summed E-state index contributed by atoms with van der Waals surface area (Å²) in [5, 5.41) is 1.12. The molecule has 1 fully saturated rings. The average Bonchev–Trinajstić information content (AvgIpc) is 3.08. The smallest absolute Gasteiger partial charge is 0.142 e. The molecule has 23 heavy (non-hydrogen) atoms. The standard InChI is InChI=1S/C17H27N5S/c1-4-23(18-2)11-13-5-7-14(8-6-13)22(3)17-15-9-10-19-16(15)20-12-21-17/h9-10,12-14H,4-8,11H2,1-3H3,(H,19,20,21). The van der Waals surface area contributed by atoms with Crippen LogP contribution >= 0.6 is 0 Å². The average molecular weight is 334 g/mol. The van der Waals surface area contributed by atoms with Crippen LogP contribution in [0.5, 0.6) is 0 Å². The Morgan fingerprint density at radius 2 is 2.09 bits per heavy atom. The van der Waals surface area contributed by atoms with Gasteiger partial charge in [0.1, 0.15) is 17.8 Å². The Morgan fingerprint density at radius 1 is 1.30 bits per heavy atom. The molecule has 0 saturated heterocycles. The zero-order valence-electron chi connectivity index (χ0n) is 14.3. The van der Waals surface area contributed by atoms with Crippen LogP contribution in [0.25, 0.3) is 11.0 Å². The van der Waals surface area contributed by atoms with Crippen molar-refractivity contribution in [2.75, 3.05) is 30.5 Å². The number of rotatable bonds is 5. The van der Waals surface area contributed by atoms with Crippen molar-refractivity contribution in [2.24, 2.45) is 10.3 Å². The minimum Gasteiger partial charge on any atom is -0.356 e. The van der Waals surface area contributed by atoms with Crippen molar-refractivity contribution < 1.29 is 0 Å². The van der Waals surface area contributed by atoms with E-state index in [0.717, 1.165) is 22.8 Å². The van der Waals surface area contributed by atoms with Crippen LogP contribution in [0.15, 0.2) is 23.0 Å². The highest BCUT2D eigenvalue weighted by molar-refractivity contribution is 7.87. The van der Waals surface area contributed by atoms with Gasteiger partial charge >= 0.3 is 0 Å². The van der Waals surface area contributed by atoms with E-state index in [9.17, 15) is 0 Å². The molecule has 5 nitrogen and oxygen atoms in total. The highest BCUT2D eigenvalue weighted by Crippen LogP contribution is 2.31. The number of H-pyrrole nitrogens is 1. The Labute approximate surface area is 141 Å². The van der Waals surface area contributed by atoms with Crippen LogP contribution in [0.4, 0.5) is 5.82 Å². The summed E-state index contributed by atoms with van der Waals surface area (Å²) in [6, 6.07) is 2.66. The number of hydrogen-bond acceptors (Lipinski definition) is 4. The van der Waals surface area contributed by atoms with E-state index in [1.807, 2.05) is 13.2 Å². The van der Waals surface area contributed by atoms with E-state index in [2.05, 4.69) is 44.3 Å². The first-order chi connectivity index (χ1) is 11.2. The molecule has 1 aliphatic carbocycles. The second-order valence-electron chi connectivity index (χ2n) is 6.32. The molecule has 0 spiro atoms. The lowest BCUT2D eigenvalue weighted by Gasteiger charge is -2.35. The van der Waals surface area contributed by atoms with Crippen LogP contribution in [0, 0.1) is 5.92 Å². The van der Waals surface area contributed by atoms with E-state index in [4.69, 9.17) is 0 Å². The van der Waals surface area contributed by atoms with E-state index >= 15 is 0 Å². The van der Waals surface area contributed by atoms with Gasteiger partial charge < -0.3 is 9.88 Å². The highest BCUT2D eigenvalue weighted by Gasteiger charge is 2.26. The van der Waals surface area contributed by atoms with E-state index in [-0.39, 0.29) is 10.7 Å². The van der Waals surface area contributed by atoms with Gasteiger partial charge in [0.25, 0.3) is 0 Å². The highest BCUT2D eigenvalue weighted by atomic mass is 32.2. The third kappa shape index (κ3) is 3.57. The number of aromatic amines is 1. The molecule has 2 aromatic heterocycles. The lowest BCUT2D eigenvalue weighted by atomic mass is 9.86. The van der Waals surface area contributed by atoms with Crippen molar-refractivity contribution in [1.82, 2.24) is 15.0 Å². The summed E-state index contributed by atoms with van der Waals surface area (Å²) in [6.45, 7) is 2.26. The molecule has 0 radical (unpaired) electrons. The van der Waals surface area contributed by atoms with Crippen molar-refractivity contribution in [1.29, 1.82) is 0 Å². The Kier molecular flexibility index (Phi) is 5.30. The summed E-state index contributed by atoms with van der Waals surface area (Å²) in [5.41, 5.74) is 0.923. The van der Waals surface area contributed by atoms with Gasteiger partial charge in [-0.3, -0.25) is 4.36 Å². The predicted molar refractivity (Wildman–Crippen MR) is 99.2 cm³/mol. The maximum Gasteiger partial charge on any atom is 0.142 e. The van der Waals surface area contributed by atoms with Crippen LogP contribution in [0.2, 0.25) is 0 Å². The Hall–Kier alpha value is -1.43. The molecule has 1 atom stereocenters. The van der Waals surface area contributed by atoms with Crippen LogP contribution in [-0.2, 0) is 10.7 Å². The Morgan fingerprint density at radius 3 is 2.78 bits per heavy atom. The van der Waals surface area contributed by atoms with Crippen LogP contribution in [-0.4, -0.2) is 46.6 Å². The molecule has 2 heterocycles. The molecule has 0 bridgehead atoms. The van der Waals surface area contributed by atoms with Gasteiger partial charge in [0, 0.05) is 37.8 Å². The first kappa shape index (κ1) is 16.4. The maximum atomic E-state index is 4.53. The van der Waals surface area contributed by atoms with Crippen molar-refractivity contribution in [3.8, 4) is 0 Å². The molecule has 0 aromatic carbocycles. The van der Waals surface area contributed by atoms with Gasteiger partial charge in [-0.25, -0.2) is 9.97 Å². The van der Waals surface area contributed by atoms with E-state index in [0.29, 0.717) is 6.04 Å². The molecule has 0 amide bonds. The van der Waals surface area contributed by atoms with Crippen molar-refractivity contribution in [2.45, 2.75) is 38.6 Å². The minimum absolute atomic E-state index is 0.280. The quantitative estimate of drug-likeness (QED) is 0.912. The van der Waals surface area contributed by atoms with E-state index in [1.54, 1.807) is 6.33 Å². The monoisotopic (exact) mass is 333 g/mol. The molecular weight excluding hydrogens is 306 g/mol. The largest absolute Gasteiger partial charge is 0.356 e. The third-order valence-corrected chi connectivity index (χ3v) is 7.09. The van der Waals surface area contributed by atoms with Crippen LogP contribution in [0.1, 0.15) is 32.6 Å². The number of aromatic nitrogens is 3. The van der Waals surface area contributed by atoms with Crippen LogP contribution < -0.4 is 4.90 Å². The third-order valence-electron chi connectivity index (χ3n) is 5.05. The minimum atomic E-state index is 0.280. The van der Waals surface area contributed by atoms with Gasteiger partial charge in [-0.1, -0.05) is 6.92 Å². The van der Waals surface area contributed by atoms with Crippen LogP contribution in [0.3, 0.4) is 0 Å². The lowest BCUT2D eigenvalue weighted by Crippen LogP contribution is -2.36. The molecular formula is C17H27N5S. The molecule has 1 unspecified atom stereocenters. The summed E-state index contributed by atoms with van der Waals surface area (Å²) >= 11 is 0. The summed E-state index contributed by atoms with van der Waals surface area (Å²) in [5.74, 6) is 4.39. The number of fused-ring (bicyclic) bond motifs is 1. The fourth-order valence-electron chi connectivity index (χ4n) is 3.61. The fourth-order valence-corrected chi connectivity index (χ4v) is 5.13. The Bertz CT molecular complexity index is 672. The molecule has 0 aliphatic heterocycles. The van der Waals surface area contributed by atoms with Gasteiger partial charge in [-0.2, -0.15) is 0 Å². The van der Waals surface area contributed by atoms with Gasteiger partial charge in [0.15, 0.2) is 0 Å². The second-order valence-corrected chi connectivity index (χ2v) is 8.52. The summed E-state index contributed by atoms with van der Waals surface area (Å²) in [7, 11) is 4.43. The van der Waals surface area contributed by atoms with Gasteiger partial charge in [-0.15, -0.1) is 10.7 Å². The lowest BCUT2D eigenvalue weighted by molar-refractivity contribution is 0.344. The number of nitrogens with zero attached hydrogens (tertiary/aromatic N) is 4. The number of hydrogen-bond donors (Lipinski definition) is 1. The predicted octanol–water partition coefficient (Wildman–Crippen LogP) is 3.40. The summed E-state index contributed by atoms with van der Waals surface area (Å²) in [4.78, 5) is 14.4. The zero-order chi connectivity index (χ0) is 16.2. The SMILES string of the molecule is CCS(CC1CCC(N(C)c2ncnc3[nH]ccc23)CC1)=NC. The molecule has 1 N–H and O–H groups in total. The number of nitrogens with one attached hydrogen (secondary N) is 1. The van der Waals surface area contributed by atoms with Crippen molar-refractivity contribution >= 4 is 27.5 Å². The first-order valence-electron chi connectivity index (χ1n) is 8.51. The second kappa shape index (κ2) is 7.43. The summed E-state index contributed by atoms with van der Waals surface area (Å²) in [6.07, 6.45) is 8.73. The van der Waals surface area contributed by atoms with Gasteiger partial charge in [-0.05, 0) is 37.7 Å². The molecule has 1 saturated carbocycles. The molecule has 2 aromatic rings. The fraction of sp³-hybridized carbons (Fsp3) is 0.647. The van der Waals surface area contributed by atoms with Gasteiger partial charge in [0.2, 0.25) is 0 Å². The van der Waals surface area contributed by atoms with E-state index in [1.165, 1.54) is 37.2 Å². The van der Waals surface area contributed by atoms with Gasteiger partial charge in [0.05, 0.1) is 5.39 Å². The normalized spacial score (nSPS) is 23.3. The molecule has 3 rings (SSSR count). The van der Waals surface area contributed by atoms with E-state index < -0.39 is 0 Å². The number of anilines is 1. The van der Waals surface area contributed by atoms with Crippen molar-refractivity contribution in [3.63, 3.8) is 0 Å². The maximum absolute atomic E-state index is 4.53. The zero-order valence-corrected chi connectivity index (χ0v) is 15.1.